The first-order chi connectivity index (χ1) is 9.28. The van der Waals surface area contributed by atoms with Gasteiger partial charge in [-0.1, -0.05) is 24.3 Å². The molecular formula is C15H17O3P. The molecule has 2 aromatic rings. The summed E-state index contributed by atoms with van der Waals surface area (Å²) in [6.07, 6.45) is 0. The molecule has 0 fully saturated rings. The molecule has 0 spiro atoms. The van der Waals surface area contributed by atoms with Gasteiger partial charge in [0.25, 0.3) is 0 Å². The molecule has 0 amide bonds. The Balaban J connectivity index is 2.29. The second kappa shape index (κ2) is 6.44. The Hall–Kier alpha value is -1.73. The highest BCUT2D eigenvalue weighted by molar-refractivity contribution is 7.24. The molecule has 4 heteroatoms. The van der Waals surface area contributed by atoms with E-state index in [1.165, 1.54) is 0 Å². The van der Waals surface area contributed by atoms with Gasteiger partial charge < -0.3 is 14.0 Å². The average molecular weight is 276 g/mol. The van der Waals surface area contributed by atoms with Crippen LogP contribution in [0.15, 0.2) is 48.5 Å². The van der Waals surface area contributed by atoms with Crippen LogP contribution in [0.1, 0.15) is 16.8 Å². The van der Waals surface area contributed by atoms with Crippen LogP contribution in [0.25, 0.3) is 0 Å². The third-order valence-corrected chi connectivity index (χ3v) is 4.13. The first-order valence-corrected chi connectivity index (χ1v) is 7.15. The van der Waals surface area contributed by atoms with Crippen LogP contribution in [0.3, 0.4) is 0 Å². The highest BCUT2D eigenvalue weighted by Gasteiger charge is 2.12. The van der Waals surface area contributed by atoms with Crippen molar-refractivity contribution < 1.29 is 14.0 Å². The van der Waals surface area contributed by atoms with Crippen molar-refractivity contribution in [2.24, 2.45) is 0 Å². The maximum Gasteiger partial charge on any atom is 0.118 e. The molecule has 0 aromatic heterocycles. The number of hydrogen-bond acceptors (Lipinski definition) is 3. The fourth-order valence-corrected chi connectivity index (χ4v) is 2.73. The lowest BCUT2D eigenvalue weighted by atomic mass is 10.0. The lowest BCUT2D eigenvalue weighted by molar-refractivity contribution is 0.414. The fraction of sp³-hybridized carbons (Fsp3) is 0.200. The van der Waals surface area contributed by atoms with Gasteiger partial charge in [0, 0.05) is 0 Å². The van der Waals surface area contributed by atoms with Crippen molar-refractivity contribution in [1.29, 1.82) is 0 Å². The zero-order chi connectivity index (χ0) is 13.7. The normalized spacial score (nSPS) is 11.1. The van der Waals surface area contributed by atoms with Crippen LogP contribution in [0.5, 0.6) is 11.5 Å². The Labute approximate surface area is 114 Å². The van der Waals surface area contributed by atoms with Gasteiger partial charge >= 0.3 is 0 Å². The minimum absolute atomic E-state index is 0.0585. The molecule has 2 aromatic carbocycles. The topological polar surface area (TPSA) is 35.5 Å². The van der Waals surface area contributed by atoms with Crippen LogP contribution in [0.2, 0.25) is 0 Å². The van der Waals surface area contributed by atoms with Gasteiger partial charge in [-0.2, -0.15) is 0 Å². The van der Waals surface area contributed by atoms with E-state index in [0.717, 1.165) is 22.6 Å². The predicted octanol–water partition coefficient (Wildman–Crippen LogP) is 3.55. The molecule has 0 aliphatic rings. The summed E-state index contributed by atoms with van der Waals surface area (Å²) in [5, 5.41) is 0. The van der Waals surface area contributed by atoms with Crippen LogP contribution in [-0.4, -0.2) is 14.2 Å². The van der Waals surface area contributed by atoms with Crippen LogP contribution in [-0.2, 0) is 4.57 Å². The lowest BCUT2D eigenvalue weighted by Crippen LogP contribution is -1.94. The zero-order valence-electron chi connectivity index (χ0n) is 11.0. The molecule has 1 unspecified atom stereocenters. The molecule has 19 heavy (non-hydrogen) atoms. The minimum Gasteiger partial charge on any atom is -0.497 e. The third-order valence-electron chi connectivity index (χ3n) is 3.09. The number of ether oxygens (including phenoxy) is 2. The summed E-state index contributed by atoms with van der Waals surface area (Å²) in [6.45, 7) is 0. The summed E-state index contributed by atoms with van der Waals surface area (Å²) >= 11 is 0. The number of rotatable bonds is 5. The molecule has 0 radical (unpaired) electrons. The molecule has 1 atom stereocenters. The van der Waals surface area contributed by atoms with E-state index in [1.54, 1.807) is 14.2 Å². The van der Waals surface area contributed by atoms with E-state index in [9.17, 15) is 4.57 Å². The van der Waals surface area contributed by atoms with Crippen molar-refractivity contribution in [2.45, 2.75) is 5.66 Å². The third kappa shape index (κ3) is 3.18. The molecule has 0 N–H and O–H groups in total. The van der Waals surface area contributed by atoms with Gasteiger partial charge in [-0.3, -0.25) is 0 Å². The summed E-state index contributed by atoms with van der Waals surface area (Å²) in [6, 6.07) is 15.4. The second-order valence-electron chi connectivity index (χ2n) is 4.16. The van der Waals surface area contributed by atoms with Crippen LogP contribution in [0.4, 0.5) is 0 Å². The maximum absolute atomic E-state index is 11.6. The summed E-state index contributed by atoms with van der Waals surface area (Å²) in [5.41, 5.74) is 2.02. The molecule has 0 aliphatic carbocycles. The van der Waals surface area contributed by atoms with E-state index in [-0.39, 0.29) is 5.66 Å². The number of benzene rings is 2. The Morgan fingerprint density at radius 3 is 1.42 bits per heavy atom. The molecular weight excluding hydrogens is 259 g/mol. The smallest absolute Gasteiger partial charge is 0.118 e. The average Bonchev–Trinajstić information content (AvgIpc) is 2.49. The van der Waals surface area contributed by atoms with Crippen molar-refractivity contribution in [2.75, 3.05) is 14.2 Å². The van der Waals surface area contributed by atoms with E-state index < -0.39 is 8.46 Å². The van der Waals surface area contributed by atoms with Crippen LogP contribution >= 0.6 is 8.46 Å². The van der Waals surface area contributed by atoms with E-state index >= 15 is 0 Å². The van der Waals surface area contributed by atoms with E-state index in [4.69, 9.17) is 9.47 Å². The van der Waals surface area contributed by atoms with E-state index in [2.05, 4.69) is 0 Å². The van der Waals surface area contributed by atoms with Crippen LogP contribution < -0.4 is 9.47 Å². The van der Waals surface area contributed by atoms with E-state index in [0.29, 0.717) is 0 Å². The minimum atomic E-state index is -0.935. The summed E-state index contributed by atoms with van der Waals surface area (Å²) in [5.74, 6) is 1.61. The van der Waals surface area contributed by atoms with Crippen molar-refractivity contribution in [3.05, 3.63) is 59.7 Å². The largest absolute Gasteiger partial charge is 0.497 e. The van der Waals surface area contributed by atoms with Gasteiger partial charge in [-0.05, 0) is 35.4 Å². The van der Waals surface area contributed by atoms with Gasteiger partial charge in [0.2, 0.25) is 0 Å². The Bertz CT molecular complexity index is 487. The highest BCUT2D eigenvalue weighted by Crippen LogP contribution is 2.35. The monoisotopic (exact) mass is 276 g/mol. The molecule has 0 aliphatic heterocycles. The van der Waals surface area contributed by atoms with Gasteiger partial charge in [0.05, 0.1) is 28.3 Å². The van der Waals surface area contributed by atoms with Gasteiger partial charge in [0.1, 0.15) is 11.5 Å². The molecule has 0 bridgehead atoms. The highest BCUT2D eigenvalue weighted by atomic mass is 31.1. The van der Waals surface area contributed by atoms with Crippen LogP contribution in [0, 0.1) is 0 Å². The quantitative estimate of drug-likeness (QED) is 0.783. The second-order valence-corrected chi connectivity index (χ2v) is 5.10. The molecule has 3 nitrogen and oxygen atoms in total. The Kier molecular flexibility index (Phi) is 4.64. The lowest BCUT2D eigenvalue weighted by Gasteiger charge is -2.13. The van der Waals surface area contributed by atoms with Gasteiger partial charge in [0.15, 0.2) is 0 Å². The molecule has 2 rings (SSSR count). The molecule has 0 saturated heterocycles. The van der Waals surface area contributed by atoms with E-state index in [1.807, 2.05) is 48.5 Å². The molecule has 100 valence electrons. The van der Waals surface area contributed by atoms with Crippen molar-refractivity contribution in [3.8, 4) is 11.5 Å². The van der Waals surface area contributed by atoms with Gasteiger partial charge in [-0.25, -0.2) is 0 Å². The predicted molar refractivity (Wildman–Crippen MR) is 78.2 cm³/mol. The zero-order valence-corrected chi connectivity index (χ0v) is 12.2. The number of hydrogen-bond donors (Lipinski definition) is 0. The Morgan fingerprint density at radius 1 is 0.789 bits per heavy atom. The maximum atomic E-state index is 11.6. The first-order valence-electron chi connectivity index (χ1n) is 6.01. The first kappa shape index (κ1) is 13.7. The number of methoxy groups -OCH3 is 2. The summed E-state index contributed by atoms with van der Waals surface area (Å²) < 4.78 is 21.8. The summed E-state index contributed by atoms with van der Waals surface area (Å²) in [4.78, 5) is 0. The summed E-state index contributed by atoms with van der Waals surface area (Å²) in [7, 11) is 2.33. The van der Waals surface area contributed by atoms with Crippen molar-refractivity contribution in [1.82, 2.24) is 0 Å². The standard InChI is InChI=1S/C15H17O3P/c1-17-13-7-3-11(4-8-13)15(19-16)12-5-9-14(18-2)10-6-12/h3-10,15H,19H2,1-2H3. The molecule has 0 heterocycles. The Morgan fingerprint density at radius 2 is 1.16 bits per heavy atom. The molecule has 0 saturated carbocycles. The fourth-order valence-electron chi connectivity index (χ4n) is 1.97. The SMILES string of the molecule is COc1ccc(C([PH2]=O)c2ccc(OC)cc2)cc1. The van der Waals surface area contributed by atoms with Crippen molar-refractivity contribution in [3.63, 3.8) is 0 Å². The van der Waals surface area contributed by atoms with Crippen molar-refractivity contribution >= 4 is 8.46 Å². The van der Waals surface area contributed by atoms with Gasteiger partial charge in [-0.15, -0.1) is 0 Å².